The lowest BCUT2D eigenvalue weighted by atomic mass is 9.95. The summed E-state index contributed by atoms with van der Waals surface area (Å²) < 4.78 is 4.87. The van der Waals surface area contributed by atoms with Crippen LogP contribution in [0.3, 0.4) is 0 Å². The number of rotatable bonds is 9. The van der Waals surface area contributed by atoms with Crippen LogP contribution in [0.15, 0.2) is 0 Å². The van der Waals surface area contributed by atoms with Crippen LogP contribution in [0.1, 0.15) is 32.6 Å². The number of ether oxygens (including phenoxy) is 1. The molecule has 0 saturated carbocycles. The maximum Gasteiger partial charge on any atom is 0.325 e. The molecular weight excluding hydrogens is 266 g/mol. The Morgan fingerprint density at radius 1 is 1.48 bits per heavy atom. The number of likely N-dealkylation sites (N-methyl/N-ethyl adjacent to an activating group) is 1. The highest BCUT2D eigenvalue weighted by molar-refractivity contribution is 5.80. The van der Waals surface area contributed by atoms with Crippen molar-refractivity contribution in [1.29, 1.82) is 0 Å². The van der Waals surface area contributed by atoms with E-state index in [4.69, 9.17) is 4.74 Å². The summed E-state index contributed by atoms with van der Waals surface area (Å²) in [6, 6.07) is 0. The molecule has 1 fully saturated rings. The molecule has 1 aliphatic heterocycles. The normalized spacial score (nSPS) is 22.5. The van der Waals surface area contributed by atoms with Crippen LogP contribution in [0.2, 0.25) is 0 Å². The zero-order valence-electron chi connectivity index (χ0n) is 14.4. The first-order chi connectivity index (χ1) is 9.91. The van der Waals surface area contributed by atoms with Crippen LogP contribution >= 0.6 is 0 Å². The van der Waals surface area contributed by atoms with Crippen molar-refractivity contribution in [2.24, 2.45) is 5.92 Å². The molecule has 1 saturated heterocycles. The minimum absolute atomic E-state index is 0.174. The van der Waals surface area contributed by atoms with E-state index in [2.05, 4.69) is 29.2 Å². The number of carbonyl (C=O) groups is 1. The van der Waals surface area contributed by atoms with Crippen molar-refractivity contribution in [3.8, 4) is 0 Å². The Bertz CT molecular complexity index is 325. The van der Waals surface area contributed by atoms with E-state index >= 15 is 0 Å². The maximum absolute atomic E-state index is 11.8. The van der Waals surface area contributed by atoms with Crippen LogP contribution < -0.4 is 5.32 Å². The predicted molar refractivity (Wildman–Crippen MR) is 86.4 cm³/mol. The van der Waals surface area contributed by atoms with Crippen molar-refractivity contribution >= 4 is 5.97 Å². The number of nitrogens with one attached hydrogen (secondary N) is 1. The second kappa shape index (κ2) is 8.71. The average molecular weight is 299 g/mol. The van der Waals surface area contributed by atoms with Gasteiger partial charge in [0.15, 0.2) is 0 Å². The molecule has 1 N–H and O–H groups in total. The van der Waals surface area contributed by atoms with Crippen LogP contribution in [0.4, 0.5) is 0 Å². The summed E-state index contributed by atoms with van der Waals surface area (Å²) in [5, 5.41) is 3.09. The van der Waals surface area contributed by atoms with Crippen LogP contribution in [0.5, 0.6) is 0 Å². The molecule has 124 valence electrons. The molecule has 0 aromatic heterocycles. The van der Waals surface area contributed by atoms with Gasteiger partial charge >= 0.3 is 5.97 Å². The molecule has 0 amide bonds. The molecule has 1 heterocycles. The average Bonchev–Trinajstić information content (AvgIpc) is 2.87. The molecule has 0 aromatic rings. The quantitative estimate of drug-likeness (QED) is 0.512. The van der Waals surface area contributed by atoms with E-state index in [-0.39, 0.29) is 5.97 Å². The second-order valence-electron chi connectivity index (χ2n) is 6.71. The minimum Gasteiger partial charge on any atom is -0.468 e. The molecule has 0 spiro atoms. The third kappa shape index (κ3) is 5.93. The van der Waals surface area contributed by atoms with Gasteiger partial charge in [-0.2, -0.15) is 0 Å². The number of methoxy groups -OCH3 is 1. The van der Waals surface area contributed by atoms with Gasteiger partial charge in [-0.25, -0.2) is 0 Å². The molecule has 21 heavy (non-hydrogen) atoms. The van der Waals surface area contributed by atoms with Gasteiger partial charge in [-0.3, -0.25) is 4.79 Å². The SMILES string of the molecule is CNC(C)(CCCCN(C)CC1CCN(C)C1)C(=O)OC. The summed E-state index contributed by atoms with van der Waals surface area (Å²) in [5.74, 6) is 0.644. The lowest BCUT2D eigenvalue weighted by molar-refractivity contribution is -0.148. The van der Waals surface area contributed by atoms with Crippen LogP contribution in [-0.2, 0) is 9.53 Å². The van der Waals surface area contributed by atoms with E-state index in [1.54, 1.807) is 0 Å². The number of unbranched alkanes of at least 4 members (excludes halogenated alkanes) is 1. The number of esters is 1. The van der Waals surface area contributed by atoms with E-state index in [9.17, 15) is 4.79 Å². The van der Waals surface area contributed by atoms with E-state index in [1.165, 1.54) is 33.2 Å². The van der Waals surface area contributed by atoms with Crippen molar-refractivity contribution in [2.45, 2.75) is 38.1 Å². The van der Waals surface area contributed by atoms with Gasteiger partial charge in [0.1, 0.15) is 5.54 Å². The van der Waals surface area contributed by atoms with Gasteiger partial charge in [-0.1, -0.05) is 0 Å². The second-order valence-corrected chi connectivity index (χ2v) is 6.71. The summed E-state index contributed by atoms with van der Waals surface area (Å²) in [6.45, 7) is 6.66. The monoisotopic (exact) mass is 299 g/mol. The van der Waals surface area contributed by atoms with Gasteiger partial charge in [-0.05, 0) is 72.8 Å². The number of carbonyl (C=O) groups excluding carboxylic acids is 1. The highest BCUT2D eigenvalue weighted by atomic mass is 16.5. The molecule has 1 rings (SSSR count). The van der Waals surface area contributed by atoms with E-state index < -0.39 is 5.54 Å². The Kier molecular flexibility index (Phi) is 7.63. The molecule has 2 atom stereocenters. The summed E-state index contributed by atoms with van der Waals surface area (Å²) in [7, 11) is 7.67. The zero-order chi connectivity index (χ0) is 15.9. The fraction of sp³-hybridized carbons (Fsp3) is 0.938. The molecule has 0 bridgehead atoms. The predicted octanol–water partition coefficient (Wildman–Crippen LogP) is 1.19. The highest BCUT2D eigenvalue weighted by Gasteiger charge is 2.31. The minimum atomic E-state index is -0.554. The van der Waals surface area contributed by atoms with Crippen LogP contribution in [0.25, 0.3) is 0 Å². The smallest absolute Gasteiger partial charge is 0.325 e. The zero-order valence-corrected chi connectivity index (χ0v) is 14.4. The van der Waals surface area contributed by atoms with Gasteiger partial charge in [0, 0.05) is 13.1 Å². The number of likely N-dealkylation sites (tertiary alicyclic amines) is 1. The lowest BCUT2D eigenvalue weighted by Gasteiger charge is -2.26. The third-order valence-corrected chi connectivity index (χ3v) is 4.71. The standard InChI is InChI=1S/C16H33N3O2/c1-16(17-2,15(20)21-5)9-6-7-10-18(3)12-14-8-11-19(4)13-14/h14,17H,6-13H2,1-5H3. The molecular formula is C16H33N3O2. The van der Waals surface area contributed by atoms with Crippen molar-refractivity contribution in [2.75, 3.05) is 54.4 Å². The van der Waals surface area contributed by atoms with E-state index in [0.29, 0.717) is 0 Å². The number of nitrogens with zero attached hydrogens (tertiary/aromatic N) is 2. The van der Waals surface area contributed by atoms with Gasteiger partial charge in [0.05, 0.1) is 7.11 Å². The molecule has 1 aliphatic rings. The van der Waals surface area contributed by atoms with Crippen molar-refractivity contribution in [3.05, 3.63) is 0 Å². The summed E-state index contributed by atoms with van der Waals surface area (Å²) >= 11 is 0. The Labute approximate surface area is 130 Å². The van der Waals surface area contributed by atoms with Crippen LogP contribution in [-0.4, -0.2) is 75.7 Å². The topological polar surface area (TPSA) is 44.8 Å². The summed E-state index contributed by atoms with van der Waals surface area (Å²) in [5.41, 5.74) is -0.554. The maximum atomic E-state index is 11.8. The van der Waals surface area contributed by atoms with Crippen molar-refractivity contribution in [3.63, 3.8) is 0 Å². The first kappa shape index (κ1) is 18.4. The number of hydrogen-bond donors (Lipinski definition) is 1. The molecule has 5 nitrogen and oxygen atoms in total. The van der Waals surface area contributed by atoms with Gasteiger partial charge in [0.2, 0.25) is 0 Å². The largest absolute Gasteiger partial charge is 0.468 e. The van der Waals surface area contributed by atoms with E-state index in [1.807, 2.05) is 14.0 Å². The van der Waals surface area contributed by atoms with Crippen molar-refractivity contribution < 1.29 is 9.53 Å². The highest BCUT2D eigenvalue weighted by Crippen LogP contribution is 2.17. The number of hydrogen-bond acceptors (Lipinski definition) is 5. The Morgan fingerprint density at radius 3 is 2.71 bits per heavy atom. The molecule has 5 heteroatoms. The molecule has 0 radical (unpaired) electrons. The summed E-state index contributed by atoms with van der Waals surface area (Å²) in [4.78, 5) is 16.6. The van der Waals surface area contributed by atoms with Gasteiger partial charge < -0.3 is 19.9 Å². The van der Waals surface area contributed by atoms with Gasteiger partial charge in [-0.15, -0.1) is 0 Å². The summed E-state index contributed by atoms with van der Waals surface area (Å²) in [6.07, 6.45) is 4.28. The Balaban J connectivity index is 2.19. The van der Waals surface area contributed by atoms with E-state index in [0.717, 1.165) is 31.7 Å². The third-order valence-electron chi connectivity index (χ3n) is 4.71. The van der Waals surface area contributed by atoms with Crippen LogP contribution in [0, 0.1) is 5.92 Å². The molecule has 0 aliphatic carbocycles. The van der Waals surface area contributed by atoms with Crippen molar-refractivity contribution in [1.82, 2.24) is 15.1 Å². The fourth-order valence-corrected chi connectivity index (χ4v) is 3.12. The Morgan fingerprint density at radius 2 is 2.19 bits per heavy atom. The molecule has 2 unspecified atom stereocenters. The van der Waals surface area contributed by atoms with Gasteiger partial charge in [0.25, 0.3) is 0 Å². The first-order valence-electron chi connectivity index (χ1n) is 8.05. The first-order valence-corrected chi connectivity index (χ1v) is 8.05. The molecule has 0 aromatic carbocycles. The lowest BCUT2D eigenvalue weighted by Crippen LogP contribution is -2.48. The fourth-order valence-electron chi connectivity index (χ4n) is 3.12. The Hall–Kier alpha value is -0.650.